The van der Waals surface area contributed by atoms with Crippen molar-refractivity contribution in [1.29, 1.82) is 0 Å². The van der Waals surface area contributed by atoms with Gasteiger partial charge >= 0.3 is 167 Å². The van der Waals surface area contributed by atoms with Gasteiger partial charge in [-0.1, -0.05) is 0 Å². The molecule has 0 aliphatic heterocycles. The zero-order chi connectivity index (χ0) is 19.2. The van der Waals surface area contributed by atoms with Crippen LogP contribution in [-0.2, 0) is 20.5 Å². The zero-order valence-corrected chi connectivity index (χ0v) is 17.4. The summed E-state index contributed by atoms with van der Waals surface area (Å²) in [5.74, 6) is -0.0387. The third-order valence-corrected chi connectivity index (χ3v) is 9.30. The first-order chi connectivity index (χ1) is 12.9. The van der Waals surface area contributed by atoms with Crippen LogP contribution in [0.25, 0.3) is 0 Å². The summed E-state index contributed by atoms with van der Waals surface area (Å²) >= 11 is -2.97. The number of Topliss-reactive ketones (excluding diaryl/α,β-unsaturated/α-hetero) is 1. The van der Waals surface area contributed by atoms with Crippen molar-refractivity contribution in [3.8, 4) is 0 Å². The fourth-order valence-electron chi connectivity index (χ4n) is 4.89. The van der Waals surface area contributed by atoms with Crippen molar-refractivity contribution in [2.24, 2.45) is 23.2 Å². The summed E-state index contributed by atoms with van der Waals surface area (Å²) in [6.07, 6.45) is 3.79. The van der Waals surface area contributed by atoms with E-state index in [4.69, 9.17) is 6.13 Å². The monoisotopic (exact) mass is 482 g/mol. The van der Waals surface area contributed by atoms with E-state index in [9.17, 15) is 14.4 Å². The second-order valence-corrected chi connectivity index (χ2v) is 11.4. The van der Waals surface area contributed by atoms with Gasteiger partial charge in [0.1, 0.15) is 0 Å². The molecule has 4 bridgehead atoms. The van der Waals surface area contributed by atoms with E-state index in [2.05, 4.69) is 6.58 Å². The van der Waals surface area contributed by atoms with E-state index in [1.165, 1.54) is 0 Å². The molecule has 4 aliphatic rings. The molecule has 144 valence electrons. The number of hydrogen-bond acceptors (Lipinski definition) is 5. The molecule has 1 aromatic rings. The molecule has 0 spiro atoms. The number of halogens is 1. The van der Waals surface area contributed by atoms with Gasteiger partial charge in [-0.2, -0.15) is 0 Å². The van der Waals surface area contributed by atoms with E-state index < -0.39 is 32.0 Å². The van der Waals surface area contributed by atoms with Crippen LogP contribution in [0.2, 0.25) is 0 Å². The molecule has 0 heterocycles. The van der Waals surface area contributed by atoms with Gasteiger partial charge in [0.05, 0.1) is 0 Å². The molecule has 0 N–H and O–H groups in total. The van der Waals surface area contributed by atoms with Gasteiger partial charge in [0.25, 0.3) is 0 Å². The summed E-state index contributed by atoms with van der Waals surface area (Å²) in [5, 5.41) is 0. The van der Waals surface area contributed by atoms with E-state index in [1.807, 2.05) is 30.3 Å². The standard InChI is InChI=1S/C21H23IO5/c1-13(2)19(24)26-22(17-6-4-3-5-7-17)27-20(25)21-10-14-8-15(11-21)18(23)16(9-14)12-21/h3-7,14-16H,1,8-12H2,2H3. The third-order valence-electron chi connectivity index (χ3n) is 5.97. The first kappa shape index (κ1) is 18.7. The van der Waals surface area contributed by atoms with Gasteiger partial charge in [0.2, 0.25) is 0 Å². The van der Waals surface area contributed by atoms with Gasteiger partial charge in [0.15, 0.2) is 0 Å². The molecule has 4 saturated carbocycles. The van der Waals surface area contributed by atoms with E-state index in [-0.39, 0.29) is 23.4 Å². The molecule has 2 atom stereocenters. The minimum absolute atomic E-state index is 0.000690. The zero-order valence-electron chi connectivity index (χ0n) is 15.3. The fraction of sp³-hybridized carbons (Fsp3) is 0.476. The van der Waals surface area contributed by atoms with Crippen LogP contribution in [0.15, 0.2) is 42.5 Å². The SMILES string of the molecule is C=C(C)C(=O)OI(OC(=O)C12CC3CC(C1)C(=O)C(C3)C2)c1ccccc1. The average Bonchev–Trinajstić information content (AvgIpc) is 2.65. The molecule has 0 aromatic heterocycles. The Hall–Kier alpha value is -1.70. The molecule has 0 saturated heterocycles. The van der Waals surface area contributed by atoms with Crippen LogP contribution >= 0.6 is 20.6 Å². The molecule has 6 heteroatoms. The van der Waals surface area contributed by atoms with Crippen molar-refractivity contribution in [3.05, 3.63) is 46.1 Å². The van der Waals surface area contributed by atoms with Crippen molar-refractivity contribution in [2.75, 3.05) is 0 Å². The van der Waals surface area contributed by atoms with Gasteiger partial charge < -0.3 is 0 Å². The summed E-state index contributed by atoms with van der Waals surface area (Å²) in [7, 11) is 0. The second-order valence-electron chi connectivity index (χ2n) is 8.05. The summed E-state index contributed by atoms with van der Waals surface area (Å²) in [4.78, 5) is 37.7. The summed E-state index contributed by atoms with van der Waals surface area (Å²) < 4.78 is 12.2. The van der Waals surface area contributed by atoms with Gasteiger partial charge in [-0.05, 0) is 0 Å². The molecule has 2 unspecified atom stereocenters. The van der Waals surface area contributed by atoms with Gasteiger partial charge in [-0.15, -0.1) is 0 Å². The maximum atomic E-state index is 13.2. The Kier molecular flexibility index (Phi) is 4.86. The van der Waals surface area contributed by atoms with Crippen LogP contribution < -0.4 is 0 Å². The molecule has 27 heavy (non-hydrogen) atoms. The summed E-state index contributed by atoms with van der Waals surface area (Å²) in [6, 6.07) is 9.20. The molecular weight excluding hydrogens is 459 g/mol. The molecule has 1 aromatic carbocycles. The number of benzene rings is 1. The Morgan fingerprint density at radius 3 is 2.30 bits per heavy atom. The Bertz CT molecular complexity index is 784. The first-order valence-electron chi connectivity index (χ1n) is 9.28. The maximum absolute atomic E-state index is 13.2. The third kappa shape index (κ3) is 3.44. The van der Waals surface area contributed by atoms with Crippen molar-refractivity contribution in [2.45, 2.75) is 39.0 Å². The van der Waals surface area contributed by atoms with Crippen molar-refractivity contribution >= 4 is 38.4 Å². The molecule has 5 nitrogen and oxygen atoms in total. The Balaban J connectivity index is 1.56. The predicted octanol–water partition coefficient (Wildman–Crippen LogP) is 4.25. The van der Waals surface area contributed by atoms with E-state index in [1.54, 1.807) is 6.92 Å². The van der Waals surface area contributed by atoms with Crippen molar-refractivity contribution in [3.63, 3.8) is 0 Å². The van der Waals surface area contributed by atoms with Gasteiger partial charge in [0, 0.05) is 0 Å². The van der Waals surface area contributed by atoms with Crippen LogP contribution in [0, 0.1) is 26.7 Å². The quantitative estimate of drug-likeness (QED) is 0.464. The van der Waals surface area contributed by atoms with Crippen LogP contribution in [0.4, 0.5) is 0 Å². The molecular formula is C21H23IO5. The minimum atomic E-state index is -2.97. The second kappa shape index (κ2) is 7.04. The normalized spacial score (nSPS) is 31.4. The van der Waals surface area contributed by atoms with Crippen molar-refractivity contribution in [1.82, 2.24) is 0 Å². The number of ketones is 1. The number of carbonyl (C=O) groups excluding carboxylic acids is 3. The average molecular weight is 482 g/mol. The molecule has 0 radical (unpaired) electrons. The Labute approximate surface area is 167 Å². The molecule has 0 amide bonds. The molecule has 4 aliphatic carbocycles. The number of rotatable bonds is 5. The number of hydrogen-bond donors (Lipinski definition) is 0. The van der Waals surface area contributed by atoms with E-state index >= 15 is 0 Å². The predicted molar refractivity (Wildman–Crippen MR) is 107 cm³/mol. The van der Waals surface area contributed by atoms with E-state index in [0.717, 1.165) is 22.8 Å². The van der Waals surface area contributed by atoms with Gasteiger partial charge in [-0.25, -0.2) is 0 Å². The summed E-state index contributed by atoms with van der Waals surface area (Å²) in [5.41, 5.74) is -0.297. The number of carbonyl (C=O) groups is 3. The Morgan fingerprint density at radius 2 is 1.70 bits per heavy atom. The molecule has 4 fully saturated rings. The van der Waals surface area contributed by atoms with Crippen molar-refractivity contribution < 1.29 is 20.5 Å². The topological polar surface area (TPSA) is 69.7 Å². The van der Waals surface area contributed by atoms with Gasteiger partial charge in [-0.3, -0.25) is 0 Å². The van der Waals surface area contributed by atoms with E-state index in [0.29, 0.717) is 24.5 Å². The van der Waals surface area contributed by atoms with Crippen LogP contribution in [-0.4, -0.2) is 17.7 Å². The Morgan fingerprint density at radius 1 is 1.07 bits per heavy atom. The molecule has 5 rings (SSSR count). The van der Waals surface area contributed by atoms with Crippen LogP contribution in [0.3, 0.4) is 0 Å². The van der Waals surface area contributed by atoms with Crippen LogP contribution in [0.5, 0.6) is 0 Å². The first-order valence-corrected chi connectivity index (χ1v) is 12.1. The fourth-order valence-corrected chi connectivity index (χ4v) is 8.06. The van der Waals surface area contributed by atoms with Crippen LogP contribution in [0.1, 0.15) is 39.0 Å². The summed E-state index contributed by atoms with van der Waals surface area (Å²) in [6.45, 7) is 5.19.